The van der Waals surface area contributed by atoms with Crippen LogP contribution >= 0.6 is 0 Å². The molecule has 1 amide bonds. The van der Waals surface area contributed by atoms with E-state index >= 15 is 0 Å². The second kappa shape index (κ2) is 7.59. The molecule has 2 atom stereocenters. The highest BCUT2D eigenvalue weighted by atomic mass is 16.2. The molecule has 0 spiro atoms. The van der Waals surface area contributed by atoms with Gasteiger partial charge in [0.15, 0.2) is 0 Å². The van der Waals surface area contributed by atoms with Crippen LogP contribution in [0, 0.1) is 0 Å². The topological polar surface area (TPSA) is 62.2 Å². The van der Waals surface area contributed by atoms with Gasteiger partial charge in [0.2, 0.25) is 5.91 Å². The number of aromatic nitrogens is 2. The zero-order valence-electron chi connectivity index (χ0n) is 14.3. The van der Waals surface area contributed by atoms with Crippen LogP contribution in [0.15, 0.2) is 42.7 Å². The lowest BCUT2D eigenvalue weighted by molar-refractivity contribution is -0.123. The molecular formula is C18H25N5O. The Morgan fingerprint density at radius 2 is 2.21 bits per heavy atom. The summed E-state index contributed by atoms with van der Waals surface area (Å²) in [6, 6.07) is 10.2. The van der Waals surface area contributed by atoms with Gasteiger partial charge in [-0.3, -0.25) is 9.69 Å². The zero-order chi connectivity index (χ0) is 16.9. The Balaban J connectivity index is 1.63. The van der Waals surface area contributed by atoms with E-state index in [1.165, 1.54) is 0 Å². The molecule has 6 nitrogen and oxygen atoms in total. The number of aryl methyl sites for hydroxylation is 1. The minimum Gasteiger partial charge on any atom is -0.348 e. The predicted octanol–water partition coefficient (Wildman–Crippen LogP) is 1.24. The lowest BCUT2D eigenvalue weighted by Crippen LogP contribution is -2.50. The summed E-state index contributed by atoms with van der Waals surface area (Å²) in [6.07, 6.45) is 3.75. The number of amides is 1. The SMILES string of the molecule is CC(NC(=O)CN1CCNCC1c1nccn1C)c1ccccc1. The maximum absolute atomic E-state index is 12.5. The lowest BCUT2D eigenvalue weighted by atomic mass is 10.1. The van der Waals surface area contributed by atoms with Crippen molar-refractivity contribution in [2.75, 3.05) is 26.2 Å². The standard InChI is InChI=1S/C18H25N5O/c1-14(15-6-4-3-5-7-15)21-17(24)13-23-11-8-19-12-16(23)18-20-9-10-22(18)2/h3-7,9-10,14,16,19H,8,11-13H2,1-2H3,(H,21,24). The number of carbonyl (C=O) groups is 1. The molecule has 6 heteroatoms. The van der Waals surface area contributed by atoms with Crippen LogP contribution in [0.4, 0.5) is 0 Å². The molecule has 1 fully saturated rings. The fraction of sp³-hybridized carbons (Fsp3) is 0.444. The van der Waals surface area contributed by atoms with Crippen LogP contribution in [-0.2, 0) is 11.8 Å². The third-order valence-electron chi connectivity index (χ3n) is 4.53. The van der Waals surface area contributed by atoms with Crippen LogP contribution < -0.4 is 10.6 Å². The quantitative estimate of drug-likeness (QED) is 0.867. The van der Waals surface area contributed by atoms with Crippen LogP contribution in [0.5, 0.6) is 0 Å². The average Bonchev–Trinajstić information content (AvgIpc) is 3.02. The van der Waals surface area contributed by atoms with E-state index in [0.717, 1.165) is 31.0 Å². The molecular weight excluding hydrogens is 302 g/mol. The van der Waals surface area contributed by atoms with Crippen LogP contribution in [0.3, 0.4) is 0 Å². The monoisotopic (exact) mass is 327 g/mol. The third-order valence-corrected chi connectivity index (χ3v) is 4.53. The van der Waals surface area contributed by atoms with Crippen molar-refractivity contribution in [3.05, 3.63) is 54.1 Å². The molecule has 0 aliphatic carbocycles. The molecule has 2 heterocycles. The molecule has 0 bridgehead atoms. The molecule has 1 aromatic heterocycles. The van der Waals surface area contributed by atoms with Gasteiger partial charge in [-0.25, -0.2) is 4.98 Å². The van der Waals surface area contributed by atoms with E-state index < -0.39 is 0 Å². The molecule has 0 radical (unpaired) electrons. The van der Waals surface area contributed by atoms with Gasteiger partial charge in [0.25, 0.3) is 0 Å². The number of nitrogens with one attached hydrogen (secondary N) is 2. The smallest absolute Gasteiger partial charge is 0.234 e. The van der Waals surface area contributed by atoms with E-state index in [4.69, 9.17) is 0 Å². The molecule has 2 N–H and O–H groups in total. The molecule has 2 aromatic rings. The summed E-state index contributed by atoms with van der Waals surface area (Å²) in [6.45, 7) is 4.94. The van der Waals surface area contributed by atoms with Gasteiger partial charge < -0.3 is 15.2 Å². The molecule has 24 heavy (non-hydrogen) atoms. The van der Waals surface area contributed by atoms with Crippen molar-refractivity contribution in [1.29, 1.82) is 0 Å². The summed E-state index contributed by atoms with van der Waals surface area (Å²) < 4.78 is 2.02. The summed E-state index contributed by atoms with van der Waals surface area (Å²) in [7, 11) is 1.99. The van der Waals surface area contributed by atoms with Gasteiger partial charge in [0, 0.05) is 39.1 Å². The Kier molecular flexibility index (Phi) is 5.27. The number of carbonyl (C=O) groups excluding carboxylic acids is 1. The van der Waals surface area contributed by atoms with Crippen molar-refractivity contribution in [1.82, 2.24) is 25.1 Å². The molecule has 1 aliphatic heterocycles. The molecule has 1 saturated heterocycles. The summed E-state index contributed by atoms with van der Waals surface area (Å²) in [5.41, 5.74) is 1.12. The number of hydrogen-bond acceptors (Lipinski definition) is 4. The summed E-state index contributed by atoms with van der Waals surface area (Å²) >= 11 is 0. The number of benzene rings is 1. The fourth-order valence-electron chi connectivity index (χ4n) is 3.19. The summed E-state index contributed by atoms with van der Waals surface area (Å²) in [4.78, 5) is 19.2. The van der Waals surface area contributed by atoms with Crippen molar-refractivity contribution in [2.24, 2.45) is 7.05 Å². The van der Waals surface area contributed by atoms with Gasteiger partial charge >= 0.3 is 0 Å². The first-order chi connectivity index (χ1) is 11.6. The molecule has 2 unspecified atom stereocenters. The van der Waals surface area contributed by atoms with Crippen molar-refractivity contribution in [3.63, 3.8) is 0 Å². The van der Waals surface area contributed by atoms with Gasteiger partial charge in [0.1, 0.15) is 5.82 Å². The van der Waals surface area contributed by atoms with Crippen molar-refractivity contribution in [3.8, 4) is 0 Å². The minimum absolute atomic E-state index is 0.00762. The minimum atomic E-state index is 0.00762. The first kappa shape index (κ1) is 16.7. The third kappa shape index (κ3) is 3.83. The van der Waals surface area contributed by atoms with Gasteiger partial charge in [-0.05, 0) is 12.5 Å². The zero-order valence-corrected chi connectivity index (χ0v) is 14.3. The first-order valence-corrected chi connectivity index (χ1v) is 8.41. The number of imidazole rings is 1. The lowest BCUT2D eigenvalue weighted by Gasteiger charge is -2.35. The molecule has 1 aliphatic rings. The number of piperazine rings is 1. The highest BCUT2D eigenvalue weighted by Crippen LogP contribution is 2.20. The van der Waals surface area contributed by atoms with Gasteiger partial charge in [-0.2, -0.15) is 0 Å². The van der Waals surface area contributed by atoms with Crippen LogP contribution in [-0.4, -0.2) is 46.5 Å². The highest BCUT2D eigenvalue weighted by Gasteiger charge is 2.28. The Morgan fingerprint density at radius 1 is 1.42 bits per heavy atom. The van der Waals surface area contributed by atoms with Crippen molar-refractivity contribution >= 4 is 5.91 Å². The van der Waals surface area contributed by atoms with Gasteiger partial charge in [-0.15, -0.1) is 0 Å². The molecule has 0 saturated carbocycles. The molecule has 3 rings (SSSR count). The first-order valence-electron chi connectivity index (χ1n) is 8.41. The fourth-order valence-corrected chi connectivity index (χ4v) is 3.19. The van der Waals surface area contributed by atoms with E-state index in [0.29, 0.717) is 6.54 Å². The Morgan fingerprint density at radius 3 is 2.92 bits per heavy atom. The van der Waals surface area contributed by atoms with E-state index in [-0.39, 0.29) is 18.0 Å². The van der Waals surface area contributed by atoms with E-state index in [1.54, 1.807) is 6.20 Å². The van der Waals surface area contributed by atoms with E-state index in [2.05, 4.69) is 20.5 Å². The van der Waals surface area contributed by atoms with Crippen LogP contribution in [0.2, 0.25) is 0 Å². The number of rotatable bonds is 5. The normalized spacial score (nSPS) is 19.8. The average molecular weight is 327 g/mol. The van der Waals surface area contributed by atoms with E-state index in [1.807, 2.05) is 55.1 Å². The van der Waals surface area contributed by atoms with Crippen LogP contribution in [0.25, 0.3) is 0 Å². The number of hydrogen-bond donors (Lipinski definition) is 2. The molecule has 1 aromatic carbocycles. The Bertz CT molecular complexity index is 669. The highest BCUT2D eigenvalue weighted by molar-refractivity contribution is 5.78. The maximum atomic E-state index is 12.5. The van der Waals surface area contributed by atoms with Crippen molar-refractivity contribution < 1.29 is 4.79 Å². The second-order valence-electron chi connectivity index (χ2n) is 6.29. The Labute approximate surface area is 142 Å². The second-order valence-corrected chi connectivity index (χ2v) is 6.29. The summed E-state index contributed by atoms with van der Waals surface area (Å²) in [5, 5.41) is 6.49. The maximum Gasteiger partial charge on any atom is 0.234 e. The molecule has 128 valence electrons. The predicted molar refractivity (Wildman–Crippen MR) is 93.4 cm³/mol. The van der Waals surface area contributed by atoms with Crippen LogP contribution in [0.1, 0.15) is 30.4 Å². The Hall–Kier alpha value is -2.18. The van der Waals surface area contributed by atoms with Gasteiger partial charge in [-0.1, -0.05) is 30.3 Å². The van der Waals surface area contributed by atoms with Gasteiger partial charge in [0.05, 0.1) is 18.6 Å². The number of nitrogens with zero attached hydrogens (tertiary/aromatic N) is 3. The summed E-state index contributed by atoms with van der Waals surface area (Å²) in [5.74, 6) is 1.04. The van der Waals surface area contributed by atoms with E-state index in [9.17, 15) is 4.79 Å². The largest absolute Gasteiger partial charge is 0.348 e. The van der Waals surface area contributed by atoms with Crippen molar-refractivity contribution in [2.45, 2.75) is 19.0 Å².